The average molecular weight is 254 g/mol. The number of sulfonamides is 1. The summed E-state index contributed by atoms with van der Waals surface area (Å²) in [7, 11) is -3.53. The van der Waals surface area contributed by atoms with E-state index >= 15 is 0 Å². The lowest BCUT2D eigenvalue weighted by Gasteiger charge is -2.10. The Morgan fingerprint density at radius 3 is 2.76 bits per heavy atom. The van der Waals surface area contributed by atoms with Gasteiger partial charge in [-0.15, -0.1) is 0 Å². The summed E-state index contributed by atoms with van der Waals surface area (Å²) in [5, 5.41) is 0.0517. The van der Waals surface area contributed by atoms with E-state index in [4.69, 9.17) is 0 Å². The molecule has 0 aliphatic carbocycles. The number of allylic oxidation sites excluding steroid dienone is 2. The molecule has 0 saturated heterocycles. The van der Waals surface area contributed by atoms with Gasteiger partial charge in [0.25, 0.3) is 10.0 Å². The predicted octanol–water partition coefficient (Wildman–Crippen LogP) is 2.45. The Hall–Kier alpha value is -1.36. The predicted molar refractivity (Wildman–Crippen MR) is 67.8 cm³/mol. The minimum absolute atomic E-state index is 0.0517. The van der Waals surface area contributed by atoms with Gasteiger partial charge in [-0.25, -0.2) is 4.98 Å². The van der Waals surface area contributed by atoms with Crippen LogP contribution in [-0.2, 0) is 10.0 Å². The first-order chi connectivity index (χ1) is 8.10. The fourth-order valence-corrected chi connectivity index (χ4v) is 2.48. The Balaban J connectivity index is 2.80. The normalized spacial score (nSPS) is 12.5. The molecule has 0 fully saturated rings. The molecule has 0 saturated carbocycles. The van der Waals surface area contributed by atoms with Gasteiger partial charge in [0, 0.05) is 11.9 Å². The zero-order valence-electron chi connectivity index (χ0n) is 10.2. The number of hydrogen-bond acceptors (Lipinski definition) is 3. The molecule has 4 nitrogen and oxygen atoms in total. The van der Waals surface area contributed by atoms with Crippen molar-refractivity contribution in [3.05, 3.63) is 36.2 Å². The third-order valence-electron chi connectivity index (χ3n) is 2.33. The van der Waals surface area contributed by atoms with Crippen molar-refractivity contribution in [2.24, 2.45) is 0 Å². The number of aromatic nitrogens is 1. The average Bonchev–Trinajstić information content (AvgIpc) is 2.35. The molecule has 1 rings (SSSR count). The molecule has 1 heterocycles. The van der Waals surface area contributed by atoms with E-state index in [2.05, 4.69) is 16.6 Å². The van der Waals surface area contributed by atoms with E-state index in [1.54, 1.807) is 18.2 Å². The summed E-state index contributed by atoms with van der Waals surface area (Å²) in [6.07, 6.45) is 5.98. The molecule has 0 aliphatic heterocycles. The van der Waals surface area contributed by atoms with Crippen LogP contribution in [0.4, 0.5) is 0 Å². The Morgan fingerprint density at radius 1 is 1.47 bits per heavy atom. The lowest BCUT2D eigenvalue weighted by Crippen LogP contribution is -2.24. The Morgan fingerprint density at radius 2 is 2.24 bits per heavy atom. The fourth-order valence-electron chi connectivity index (χ4n) is 1.35. The van der Waals surface area contributed by atoms with Crippen molar-refractivity contribution >= 4 is 10.0 Å². The number of nitrogens with zero attached hydrogens (tertiary/aromatic N) is 1. The van der Waals surface area contributed by atoms with Crippen LogP contribution in [0.15, 0.2) is 41.2 Å². The summed E-state index contributed by atoms with van der Waals surface area (Å²) in [4.78, 5) is 3.84. The van der Waals surface area contributed by atoms with Gasteiger partial charge in [-0.3, -0.25) is 4.72 Å². The first-order valence-electron chi connectivity index (χ1n) is 5.69. The minimum Gasteiger partial charge on any atom is -0.282 e. The number of pyridine rings is 1. The van der Waals surface area contributed by atoms with Gasteiger partial charge in [0.05, 0.1) is 0 Å². The maximum Gasteiger partial charge on any atom is 0.279 e. The lowest BCUT2D eigenvalue weighted by molar-refractivity contribution is 0.582. The van der Waals surface area contributed by atoms with Crippen molar-refractivity contribution in [3.8, 4) is 0 Å². The first-order valence-corrected chi connectivity index (χ1v) is 7.17. The topological polar surface area (TPSA) is 59.1 Å². The Kier molecular flexibility index (Phi) is 5.15. The van der Waals surface area contributed by atoms with E-state index in [-0.39, 0.29) is 5.03 Å². The molecule has 0 bridgehead atoms. The zero-order valence-corrected chi connectivity index (χ0v) is 11.0. The van der Waals surface area contributed by atoms with Gasteiger partial charge in [-0.1, -0.05) is 25.5 Å². The first kappa shape index (κ1) is 13.7. The van der Waals surface area contributed by atoms with Crippen molar-refractivity contribution in [2.75, 3.05) is 0 Å². The third kappa shape index (κ3) is 4.19. The molecular weight excluding hydrogens is 236 g/mol. The molecule has 17 heavy (non-hydrogen) atoms. The number of rotatable bonds is 6. The summed E-state index contributed by atoms with van der Waals surface area (Å²) in [5.41, 5.74) is 0.720. The van der Waals surface area contributed by atoms with Crippen molar-refractivity contribution in [2.45, 2.75) is 38.1 Å². The molecular formula is C12H18N2O2S. The van der Waals surface area contributed by atoms with Crippen LogP contribution < -0.4 is 4.72 Å². The molecule has 5 heteroatoms. The summed E-state index contributed by atoms with van der Waals surface area (Å²) in [5.74, 6) is 0. The van der Waals surface area contributed by atoms with Crippen LogP contribution >= 0.6 is 0 Å². The highest BCUT2D eigenvalue weighted by atomic mass is 32.2. The van der Waals surface area contributed by atoms with Crippen LogP contribution in [0, 0.1) is 0 Å². The van der Waals surface area contributed by atoms with Crippen molar-refractivity contribution in [1.82, 2.24) is 9.71 Å². The molecule has 0 spiro atoms. The SMILES string of the molecule is CC=C(CCCC)NS(=O)(=O)c1ccccn1. The second kappa shape index (κ2) is 6.39. The number of hydrogen-bond donors (Lipinski definition) is 1. The molecule has 1 aromatic heterocycles. The summed E-state index contributed by atoms with van der Waals surface area (Å²) < 4.78 is 26.5. The van der Waals surface area contributed by atoms with E-state index in [0.29, 0.717) is 0 Å². The number of unbranched alkanes of at least 4 members (excludes halogenated alkanes) is 1. The Bertz CT molecular complexity index is 467. The minimum atomic E-state index is -3.53. The van der Waals surface area contributed by atoms with Crippen LogP contribution in [0.25, 0.3) is 0 Å². The third-order valence-corrected chi connectivity index (χ3v) is 3.65. The maximum absolute atomic E-state index is 12.0. The standard InChI is InChI=1S/C12H18N2O2S/c1-3-5-8-11(4-2)14-17(15,16)12-9-6-7-10-13-12/h4,6-7,9-10,14H,3,5,8H2,1-2H3. The van der Waals surface area contributed by atoms with Gasteiger partial charge in [-0.2, -0.15) is 8.42 Å². The van der Waals surface area contributed by atoms with E-state index in [0.717, 1.165) is 25.0 Å². The highest BCUT2D eigenvalue weighted by molar-refractivity contribution is 7.89. The fraction of sp³-hybridized carbons (Fsp3) is 0.417. The zero-order chi connectivity index (χ0) is 12.7. The summed E-state index contributed by atoms with van der Waals surface area (Å²) in [6.45, 7) is 3.90. The highest BCUT2D eigenvalue weighted by Crippen LogP contribution is 2.10. The monoisotopic (exact) mass is 254 g/mol. The lowest BCUT2D eigenvalue weighted by atomic mass is 10.2. The van der Waals surface area contributed by atoms with E-state index in [9.17, 15) is 8.42 Å². The van der Waals surface area contributed by atoms with Gasteiger partial charge in [0.1, 0.15) is 0 Å². The number of nitrogens with one attached hydrogen (secondary N) is 1. The van der Waals surface area contributed by atoms with E-state index < -0.39 is 10.0 Å². The van der Waals surface area contributed by atoms with Crippen molar-refractivity contribution in [3.63, 3.8) is 0 Å². The van der Waals surface area contributed by atoms with E-state index in [1.807, 2.05) is 6.92 Å². The van der Waals surface area contributed by atoms with E-state index in [1.165, 1.54) is 12.3 Å². The molecule has 1 N–H and O–H groups in total. The summed E-state index contributed by atoms with van der Waals surface area (Å²) >= 11 is 0. The molecule has 1 aromatic rings. The van der Waals surface area contributed by atoms with Crippen LogP contribution in [0.3, 0.4) is 0 Å². The second-order valence-corrected chi connectivity index (χ2v) is 5.32. The van der Waals surface area contributed by atoms with Gasteiger partial charge in [-0.05, 0) is 31.9 Å². The van der Waals surface area contributed by atoms with Crippen molar-refractivity contribution < 1.29 is 8.42 Å². The molecule has 0 unspecified atom stereocenters. The highest BCUT2D eigenvalue weighted by Gasteiger charge is 2.15. The second-order valence-electron chi connectivity index (χ2n) is 3.69. The van der Waals surface area contributed by atoms with Crippen LogP contribution in [-0.4, -0.2) is 13.4 Å². The van der Waals surface area contributed by atoms with Gasteiger partial charge in [0.15, 0.2) is 5.03 Å². The largest absolute Gasteiger partial charge is 0.282 e. The summed E-state index contributed by atoms with van der Waals surface area (Å²) in [6, 6.07) is 4.82. The Labute approximate surface area is 103 Å². The molecule has 0 aromatic carbocycles. The van der Waals surface area contributed by atoms with Crippen LogP contribution in [0.1, 0.15) is 33.1 Å². The molecule has 0 amide bonds. The molecule has 0 radical (unpaired) electrons. The smallest absolute Gasteiger partial charge is 0.279 e. The van der Waals surface area contributed by atoms with Crippen molar-refractivity contribution in [1.29, 1.82) is 0 Å². The molecule has 0 atom stereocenters. The van der Waals surface area contributed by atoms with Crippen LogP contribution in [0.5, 0.6) is 0 Å². The van der Waals surface area contributed by atoms with Gasteiger partial charge >= 0.3 is 0 Å². The van der Waals surface area contributed by atoms with Gasteiger partial charge < -0.3 is 0 Å². The molecule has 94 valence electrons. The van der Waals surface area contributed by atoms with Gasteiger partial charge in [0.2, 0.25) is 0 Å². The van der Waals surface area contributed by atoms with Crippen LogP contribution in [0.2, 0.25) is 0 Å². The molecule has 0 aliphatic rings. The quantitative estimate of drug-likeness (QED) is 0.848. The maximum atomic E-state index is 12.0.